The molecule has 2 atom stereocenters. The fourth-order valence-electron chi connectivity index (χ4n) is 2.04. The van der Waals surface area contributed by atoms with Crippen LogP contribution in [0, 0.1) is 5.92 Å². The summed E-state index contributed by atoms with van der Waals surface area (Å²) in [5.74, 6) is 0.382. The standard InChI is InChI=1S/C11H14ClN3O/c1-7-3-2-4-8(7)13-11(16)9-5-6-10(12)15-14-9/h5-8H,2-4H2,1H3,(H,13,16). The Balaban J connectivity index is 2.00. The number of carbonyl (C=O) groups excluding carboxylic acids is 1. The molecule has 4 nitrogen and oxygen atoms in total. The van der Waals surface area contributed by atoms with E-state index in [4.69, 9.17) is 11.6 Å². The van der Waals surface area contributed by atoms with Gasteiger partial charge in [0.25, 0.3) is 5.91 Å². The Bertz CT molecular complexity index is 379. The van der Waals surface area contributed by atoms with Crippen LogP contribution in [0.4, 0.5) is 0 Å². The van der Waals surface area contributed by atoms with E-state index in [9.17, 15) is 4.79 Å². The third-order valence-corrected chi connectivity index (χ3v) is 3.24. The first-order chi connectivity index (χ1) is 7.66. The van der Waals surface area contributed by atoms with Crippen LogP contribution in [-0.4, -0.2) is 22.1 Å². The molecule has 86 valence electrons. The lowest BCUT2D eigenvalue weighted by Gasteiger charge is -2.16. The summed E-state index contributed by atoms with van der Waals surface area (Å²) in [5.41, 5.74) is 0.323. The molecule has 1 saturated carbocycles. The molecule has 0 radical (unpaired) electrons. The second kappa shape index (κ2) is 4.78. The Morgan fingerprint density at radius 3 is 2.81 bits per heavy atom. The smallest absolute Gasteiger partial charge is 0.272 e. The third kappa shape index (κ3) is 2.50. The molecule has 0 aromatic carbocycles. The molecule has 0 spiro atoms. The molecule has 0 aliphatic heterocycles. The average molecular weight is 240 g/mol. The number of aromatic nitrogens is 2. The van der Waals surface area contributed by atoms with Gasteiger partial charge in [-0.15, -0.1) is 10.2 Å². The zero-order valence-corrected chi connectivity index (χ0v) is 9.87. The summed E-state index contributed by atoms with van der Waals surface area (Å²) in [4.78, 5) is 11.8. The Hall–Kier alpha value is -1.16. The van der Waals surface area contributed by atoms with E-state index >= 15 is 0 Å². The van der Waals surface area contributed by atoms with Crippen molar-refractivity contribution in [3.8, 4) is 0 Å². The van der Waals surface area contributed by atoms with Gasteiger partial charge in [0.15, 0.2) is 10.8 Å². The van der Waals surface area contributed by atoms with Crippen molar-refractivity contribution in [3.05, 3.63) is 23.0 Å². The van der Waals surface area contributed by atoms with Crippen molar-refractivity contribution in [2.24, 2.45) is 5.92 Å². The monoisotopic (exact) mass is 239 g/mol. The minimum Gasteiger partial charge on any atom is -0.348 e. The summed E-state index contributed by atoms with van der Waals surface area (Å²) >= 11 is 5.60. The minimum absolute atomic E-state index is 0.164. The molecule has 1 aliphatic carbocycles. The molecule has 1 heterocycles. The Labute approximate surface area is 99.4 Å². The van der Waals surface area contributed by atoms with E-state index in [0.29, 0.717) is 16.8 Å². The van der Waals surface area contributed by atoms with Crippen LogP contribution in [0.3, 0.4) is 0 Å². The number of halogens is 1. The van der Waals surface area contributed by atoms with Crippen molar-refractivity contribution in [3.63, 3.8) is 0 Å². The van der Waals surface area contributed by atoms with Gasteiger partial charge in [-0.05, 0) is 30.9 Å². The normalized spacial score (nSPS) is 24.4. The number of carbonyl (C=O) groups is 1. The van der Waals surface area contributed by atoms with Crippen LogP contribution in [0.1, 0.15) is 36.7 Å². The van der Waals surface area contributed by atoms with Crippen molar-refractivity contribution in [1.82, 2.24) is 15.5 Å². The fourth-order valence-corrected chi connectivity index (χ4v) is 2.14. The number of nitrogens with one attached hydrogen (secondary N) is 1. The van der Waals surface area contributed by atoms with Gasteiger partial charge >= 0.3 is 0 Å². The molecular formula is C11H14ClN3O. The topological polar surface area (TPSA) is 54.9 Å². The van der Waals surface area contributed by atoms with Crippen molar-refractivity contribution >= 4 is 17.5 Å². The van der Waals surface area contributed by atoms with Crippen molar-refractivity contribution in [2.45, 2.75) is 32.2 Å². The molecule has 1 N–H and O–H groups in total. The summed E-state index contributed by atoms with van der Waals surface area (Å²) in [6.45, 7) is 2.16. The molecule has 1 aromatic rings. The molecular weight excluding hydrogens is 226 g/mol. The van der Waals surface area contributed by atoms with Gasteiger partial charge in [0.2, 0.25) is 0 Å². The van der Waals surface area contributed by atoms with E-state index in [1.54, 1.807) is 12.1 Å². The number of nitrogens with zero attached hydrogens (tertiary/aromatic N) is 2. The predicted molar refractivity (Wildman–Crippen MR) is 61.3 cm³/mol. The molecule has 0 bridgehead atoms. The average Bonchev–Trinajstić information content (AvgIpc) is 2.65. The van der Waals surface area contributed by atoms with E-state index in [2.05, 4.69) is 22.4 Å². The number of amides is 1. The Morgan fingerprint density at radius 1 is 1.44 bits per heavy atom. The largest absolute Gasteiger partial charge is 0.348 e. The first-order valence-electron chi connectivity index (χ1n) is 5.47. The van der Waals surface area contributed by atoms with Gasteiger partial charge in [0.05, 0.1) is 0 Å². The van der Waals surface area contributed by atoms with Gasteiger partial charge in [-0.3, -0.25) is 4.79 Å². The zero-order valence-electron chi connectivity index (χ0n) is 9.11. The highest BCUT2D eigenvalue weighted by molar-refractivity contribution is 6.29. The second-order valence-corrected chi connectivity index (χ2v) is 4.62. The Morgan fingerprint density at radius 2 is 2.25 bits per heavy atom. The summed E-state index contributed by atoms with van der Waals surface area (Å²) in [7, 11) is 0. The van der Waals surface area contributed by atoms with Gasteiger partial charge in [-0.1, -0.05) is 24.9 Å². The minimum atomic E-state index is -0.164. The van der Waals surface area contributed by atoms with Crippen molar-refractivity contribution in [1.29, 1.82) is 0 Å². The molecule has 1 aromatic heterocycles. The van der Waals surface area contributed by atoms with Crippen LogP contribution in [0.2, 0.25) is 5.15 Å². The van der Waals surface area contributed by atoms with E-state index < -0.39 is 0 Å². The fraction of sp³-hybridized carbons (Fsp3) is 0.545. The predicted octanol–water partition coefficient (Wildman–Crippen LogP) is 2.05. The maximum Gasteiger partial charge on any atom is 0.272 e. The lowest BCUT2D eigenvalue weighted by Crippen LogP contribution is -2.36. The number of rotatable bonds is 2. The summed E-state index contributed by atoms with van der Waals surface area (Å²) < 4.78 is 0. The van der Waals surface area contributed by atoms with Gasteiger partial charge in [-0.2, -0.15) is 0 Å². The quantitative estimate of drug-likeness (QED) is 0.860. The zero-order chi connectivity index (χ0) is 11.5. The molecule has 16 heavy (non-hydrogen) atoms. The molecule has 1 aliphatic rings. The third-order valence-electron chi connectivity index (χ3n) is 3.04. The van der Waals surface area contributed by atoms with Crippen LogP contribution < -0.4 is 5.32 Å². The lowest BCUT2D eigenvalue weighted by atomic mass is 10.1. The van der Waals surface area contributed by atoms with E-state index in [-0.39, 0.29) is 11.9 Å². The summed E-state index contributed by atoms with van der Waals surface area (Å²) in [5, 5.41) is 10.7. The van der Waals surface area contributed by atoms with Crippen LogP contribution in [0.15, 0.2) is 12.1 Å². The van der Waals surface area contributed by atoms with Crippen molar-refractivity contribution in [2.75, 3.05) is 0 Å². The number of hydrogen-bond donors (Lipinski definition) is 1. The van der Waals surface area contributed by atoms with Crippen LogP contribution in [0.5, 0.6) is 0 Å². The first-order valence-corrected chi connectivity index (χ1v) is 5.84. The van der Waals surface area contributed by atoms with E-state index in [1.807, 2.05) is 0 Å². The van der Waals surface area contributed by atoms with Gasteiger partial charge in [0, 0.05) is 6.04 Å². The maximum absolute atomic E-state index is 11.8. The molecule has 5 heteroatoms. The highest BCUT2D eigenvalue weighted by atomic mass is 35.5. The molecule has 2 rings (SSSR count). The lowest BCUT2D eigenvalue weighted by molar-refractivity contribution is 0.0923. The molecule has 2 unspecified atom stereocenters. The molecule has 1 amide bonds. The van der Waals surface area contributed by atoms with E-state index in [0.717, 1.165) is 6.42 Å². The Kier molecular flexibility index (Phi) is 3.39. The number of hydrogen-bond acceptors (Lipinski definition) is 3. The first kappa shape index (κ1) is 11.3. The SMILES string of the molecule is CC1CCCC1NC(=O)c1ccc(Cl)nn1. The second-order valence-electron chi connectivity index (χ2n) is 4.23. The maximum atomic E-state index is 11.8. The van der Waals surface area contributed by atoms with Gasteiger partial charge in [-0.25, -0.2) is 0 Å². The van der Waals surface area contributed by atoms with Crippen LogP contribution >= 0.6 is 11.6 Å². The van der Waals surface area contributed by atoms with E-state index in [1.165, 1.54) is 12.8 Å². The van der Waals surface area contributed by atoms with Crippen molar-refractivity contribution < 1.29 is 4.79 Å². The highest BCUT2D eigenvalue weighted by Gasteiger charge is 2.25. The van der Waals surface area contributed by atoms with Crippen LogP contribution in [-0.2, 0) is 0 Å². The highest BCUT2D eigenvalue weighted by Crippen LogP contribution is 2.24. The molecule has 0 saturated heterocycles. The van der Waals surface area contributed by atoms with Crippen LogP contribution in [0.25, 0.3) is 0 Å². The van der Waals surface area contributed by atoms with Gasteiger partial charge in [0.1, 0.15) is 0 Å². The summed E-state index contributed by atoms with van der Waals surface area (Å²) in [6.07, 6.45) is 3.41. The molecule has 1 fully saturated rings. The van der Waals surface area contributed by atoms with Gasteiger partial charge < -0.3 is 5.32 Å². The summed E-state index contributed by atoms with van der Waals surface area (Å²) in [6, 6.07) is 3.43.